The van der Waals surface area contributed by atoms with Crippen molar-refractivity contribution in [3.63, 3.8) is 0 Å². The van der Waals surface area contributed by atoms with Crippen LogP contribution in [0.25, 0.3) is 0 Å². The minimum Gasteiger partial charge on any atom is -0.370 e. The Morgan fingerprint density at radius 1 is 1.14 bits per heavy atom. The van der Waals surface area contributed by atoms with Crippen molar-refractivity contribution in [2.24, 2.45) is 5.92 Å². The van der Waals surface area contributed by atoms with Crippen LogP contribution in [0.2, 0.25) is 0 Å². The molecule has 1 heterocycles. The molecule has 1 saturated carbocycles. The molecule has 2 nitrogen and oxygen atoms in total. The SMILES string of the molecule is CCCCN(CC1CC2CCCCC2N1)c1ccccc1. The molecule has 3 atom stereocenters. The third-order valence-corrected chi connectivity index (χ3v) is 5.29. The fraction of sp³-hybridized carbons (Fsp3) is 0.684. The lowest BCUT2D eigenvalue weighted by Crippen LogP contribution is -2.41. The second-order valence-electron chi connectivity index (χ2n) is 6.89. The number of fused-ring (bicyclic) bond motifs is 1. The van der Waals surface area contributed by atoms with Crippen LogP contribution in [0.15, 0.2) is 30.3 Å². The molecule has 2 aliphatic rings. The van der Waals surface area contributed by atoms with Crippen molar-refractivity contribution in [2.75, 3.05) is 18.0 Å². The van der Waals surface area contributed by atoms with Gasteiger partial charge in [0.2, 0.25) is 0 Å². The van der Waals surface area contributed by atoms with Crippen molar-refractivity contribution < 1.29 is 0 Å². The van der Waals surface area contributed by atoms with Crippen molar-refractivity contribution in [3.05, 3.63) is 30.3 Å². The monoisotopic (exact) mass is 286 g/mol. The highest BCUT2D eigenvalue weighted by Crippen LogP contribution is 2.33. The number of nitrogens with zero attached hydrogens (tertiary/aromatic N) is 1. The highest BCUT2D eigenvalue weighted by Gasteiger charge is 2.35. The Balaban J connectivity index is 1.62. The van der Waals surface area contributed by atoms with Gasteiger partial charge in [-0.15, -0.1) is 0 Å². The Labute approximate surface area is 129 Å². The molecule has 0 aromatic heterocycles. The maximum atomic E-state index is 3.93. The zero-order valence-corrected chi connectivity index (χ0v) is 13.4. The van der Waals surface area contributed by atoms with E-state index in [0.717, 1.165) is 12.0 Å². The van der Waals surface area contributed by atoms with E-state index in [1.807, 2.05) is 0 Å². The smallest absolute Gasteiger partial charge is 0.0366 e. The van der Waals surface area contributed by atoms with Gasteiger partial charge in [-0.2, -0.15) is 0 Å². The van der Waals surface area contributed by atoms with Gasteiger partial charge in [0.1, 0.15) is 0 Å². The Morgan fingerprint density at radius 3 is 2.71 bits per heavy atom. The second-order valence-corrected chi connectivity index (χ2v) is 6.89. The quantitative estimate of drug-likeness (QED) is 0.842. The molecule has 1 aromatic rings. The topological polar surface area (TPSA) is 15.3 Å². The van der Waals surface area contributed by atoms with Gasteiger partial charge >= 0.3 is 0 Å². The number of rotatable bonds is 6. The van der Waals surface area contributed by atoms with E-state index in [1.165, 1.54) is 63.7 Å². The van der Waals surface area contributed by atoms with Crippen LogP contribution in [0.3, 0.4) is 0 Å². The predicted octanol–water partition coefficient (Wildman–Crippen LogP) is 4.21. The third-order valence-electron chi connectivity index (χ3n) is 5.29. The first-order chi connectivity index (χ1) is 10.4. The van der Waals surface area contributed by atoms with Crippen LogP contribution in [0, 0.1) is 5.92 Å². The lowest BCUT2D eigenvalue weighted by molar-refractivity contribution is 0.325. The van der Waals surface area contributed by atoms with Crippen LogP contribution >= 0.6 is 0 Å². The van der Waals surface area contributed by atoms with Crippen LogP contribution in [0.5, 0.6) is 0 Å². The summed E-state index contributed by atoms with van der Waals surface area (Å²) in [5.74, 6) is 0.951. The van der Waals surface area contributed by atoms with E-state index in [0.29, 0.717) is 6.04 Å². The fourth-order valence-electron chi connectivity index (χ4n) is 4.15. The van der Waals surface area contributed by atoms with Crippen molar-refractivity contribution in [2.45, 2.75) is 64.0 Å². The second kappa shape index (κ2) is 7.31. The van der Waals surface area contributed by atoms with Gasteiger partial charge in [-0.05, 0) is 43.7 Å². The summed E-state index contributed by atoms with van der Waals surface area (Å²) in [4.78, 5) is 2.60. The van der Waals surface area contributed by atoms with E-state index in [9.17, 15) is 0 Å². The molecule has 0 bridgehead atoms. The summed E-state index contributed by atoms with van der Waals surface area (Å²) in [6.07, 6.45) is 9.68. The van der Waals surface area contributed by atoms with Crippen LogP contribution in [-0.2, 0) is 0 Å². The van der Waals surface area contributed by atoms with E-state index < -0.39 is 0 Å². The Kier molecular flexibility index (Phi) is 5.18. The van der Waals surface area contributed by atoms with E-state index in [4.69, 9.17) is 0 Å². The molecule has 1 saturated heterocycles. The molecule has 116 valence electrons. The number of hydrogen-bond acceptors (Lipinski definition) is 2. The summed E-state index contributed by atoms with van der Waals surface area (Å²) in [7, 11) is 0. The largest absolute Gasteiger partial charge is 0.370 e. The normalized spacial score (nSPS) is 28.3. The Bertz CT molecular complexity index is 403. The van der Waals surface area contributed by atoms with Gasteiger partial charge in [-0.1, -0.05) is 44.4 Å². The standard InChI is InChI=1S/C19H30N2/c1-2-3-13-21(18-10-5-4-6-11-18)15-17-14-16-9-7-8-12-19(16)20-17/h4-6,10-11,16-17,19-20H,2-3,7-9,12-15H2,1H3. The van der Waals surface area contributed by atoms with E-state index in [-0.39, 0.29) is 0 Å². The van der Waals surface area contributed by atoms with Crippen molar-refractivity contribution in [1.29, 1.82) is 0 Å². The Morgan fingerprint density at radius 2 is 1.95 bits per heavy atom. The van der Waals surface area contributed by atoms with Gasteiger partial charge in [-0.3, -0.25) is 0 Å². The molecule has 3 unspecified atom stereocenters. The molecular weight excluding hydrogens is 256 g/mol. The Hall–Kier alpha value is -1.02. The number of para-hydroxylation sites is 1. The number of hydrogen-bond donors (Lipinski definition) is 1. The van der Waals surface area contributed by atoms with Crippen molar-refractivity contribution >= 4 is 5.69 Å². The number of unbranched alkanes of at least 4 members (excludes halogenated alkanes) is 1. The minimum absolute atomic E-state index is 0.690. The molecule has 0 amide bonds. The number of benzene rings is 1. The van der Waals surface area contributed by atoms with Crippen LogP contribution < -0.4 is 10.2 Å². The average molecular weight is 286 g/mol. The molecule has 0 spiro atoms. The molecule has 1 aliphatic carbocycles. The summed E-state index contributed by atoms with van der Waals surface area (Å²) >= 11 is 0. The lowest BCUT2D eigenvalue weighted by atomic mass is 9.85. The molecule has 1 N–H and O–H groups in total. The molecule has 21 heavy (non-hydrogen) atoms. The molecule has 2 heteroatoms. The molecule has 2 fully saturated rings. The van der Waals surface area contributed by atoms with Crippen molar-refractivity contribution in [3.8, 4) is 0 Å². The van der Waals surface area contributed by atoms with Crippen molar-refractivity contribution in [1.82, 2.24) is 5.32 Å². The summed E-state index contributed by atoms with van der Waals surface area (Å²) in [5.41, 5.74) is 1.39. The molecule has 1 aliphatic heterocycles. The minimum atomic E-state index is 0.690. The van der Waals surface area contributed by atoms with Crippen LogP contribution in [0.4, 0.5) is 5.69 Å². The van der Waals surface area contributed by atoms with E-state index in [1.54, 1.807) is 0 Å². The molecule has 3 rings (SSSR count). The molecule has 1 aromatic carbocycles. The highest BCUT2D eigenvalue weighted by molar-refractivity contribution is 5.46. The summed E-state index contributed by atoms with van der Waals surface area (Å²) < 4.78 is 0. The first-order valence-corrected chi connectivity index (χ1v) is 8.93. The predicted molar refractivity (Wildman–Crippen MR) is 90.8 cm³/mol. The van der Waals surface area contributed by atoms with Gasteiger partial charge < -0.3 is 10.2 Å². The van der Waals surface area contributed by atoms with Gasteiger partial charge in [-0.25, -0.2) is 0 Å². The first-order valence-electron chi connectivity index (χ1n) is 8.93. The lowest BCUT2D eigenvalue weighted by Gasteiger charge is -2.28. The van der Waals surface area contributed by atoms with Gasteiger partial charge in [0.25, 0.3) is 0 Å². The number of nitrogens with one attached hydrogen (secondary N) is 1. The van der Waals surface area contributed by atoms with Gasteiger partial charge in [0.05, 0.1) is 0 Å². The van der Waals surface area contributed by atoms with Gasteiger partial charge in [0, 0.05) is 30.9 Å². The fourth-order valence-corrected chi connectivity index (χ4v) is 4.15. The summed E-state index contributed by atoms with van der Waals surface area (Å²) in [5, 5.41) is 3.93. The summed E-state index contributed by atoms with van der Waals surface area (Å²) in [6.45, 7) is 4.65. The van der Waals surface area contributed by atoms with E-state index in [2.05, 4.69) is 47.5 Å². The third kappa shape index (κ3) is 3.79. The van der Waals surface area contributed by atoms with Gasteiger partial charge in [0.15, 0.2) is 0 Å². The maximum absolute atomic E-state index is 3.93. The van der Waals surface area contributed by atoms with Crippen LogP contribution in [0.1, 0.15) is 51.9 Å². The van der Waals surface area contributed by atoms with E-state index >= 15 is 0 Å². The highest BCUT2D eigenvalue weighted by atomic mass is 15.2. The molecular formula is C19H30N2. The molecule has 0 radical (unpaired) electrons. The first kappa shape index (κ1) is 14.9. The summed E-state index contributed by atoms with van der Waals surface area (Å²) in [6, 6.07) is 12.5. The zero-order chi connectivity index (χ0) is 14.5. The number of anilines is 1. The average Bonchev–Trinajstić information content (AvgIpc) is 2.94. The van der Waals surface area contributed by atoms with Crippen LogP contribution in [-0.4, -0.2) is 25.2 Å². The maximum Gasteiger partial charge on any atom is 0.0366 e. The zero-order valence-electron chi connectivity index (χ0n) is 13.4.